The lowest BCUT2D eigenvalue weighted by Gasteiger charge is -2.08. The minimum Gasteiger partial charge on any atom is -0.375 e. The van der Waals surface area contributed by atoms with Crippen LogP contribution in [0.3, 0.4) is 0 Å². The lowest BCUT2D eigenvalue weighted by Crippen LogP contribution is -2.08. The quantitative estimate of drug-likeness (QED) is 0.616. The normalized spacial score (nSPS) is 10.2. The summed E-state index contributed by atoms with van der Waals surface area (Å²) in [6.45, 7) is 1.84. The Kier molecular flexibility index (Phi) is 4.92. The summed E-state index contributed by atoms with van der Waals surface area (Å²) in [5.74, 6) is -0.149. The van der Waals surface area contributed by atoms with Crippen molar-refractivity contribution in [1.29, 1.82) is 0 Å². The number of hydrogen-bond acceptors (Lipinski definition) is 5. The largest absolute Gasteiger partial charge is 0.375 e. The minimum absolute atomic E-state index is 0.00186. The van der Waals surface area contributed by atoms with Crippen molar-refractivity contribution in [2.75, 3.05) is 10.6 Å². The fourth-order valence-corrected chi connectivity index (χ4v) is 2.88. The number of nitrogens with one attached hydrogen (secondary N) is 2. The van der Waals surface area contributed by atoms with Gasteiger partial charge in [-0.1, -0.05) is 15.9 Å². The molecular formula is C13H12BrN3O3S. The lowest BCUT2D eigenvalue weighted by atomic mass is 10.2. The number of nitro benzene ring substituents is 1. The van der Waals surface area contributed by atoms with Gasteiger partial charge in [-0.15, -0.1) is 11.3 Å². The molecule has 110 valence electrons. The van der Waals surface area contributed by atoms with Gasteiger partial charge in [-0.3, -0.25) is 14.9 Å². The molecule has 0 fully saturated rings. The monoisotopic (exact) mass is 369 g/mol. The molecule has 2 N–H and O–H groups in total. The number of nitrogens with zero attached hydrogens (tertiary/aromatic N) is 1. The fourth-order valence-electron chi connectivity index (χ4n) is 1.76. The third-order valence-corrected chi connectivity index (χ3v) is 4.07. The summed E-state index contributed by atoms with van der Waals surface area (Å²) in [6, 6.07) is 6.64. The molecule has 1 aromatic heterocycles. The number of hydrogen-bond donors (Lipinski definition) is 2. The van der Waals surface area contributed by atoms with Gasteiger partial charge in [0.1, 0.15) is 5.69 Å². The van der Waals surface area contributed by atoms with E-state index in [-0.39, 0.29) is 11.6 Å². The predicted octanol–water partition coefficient (Wildman–Crippen LogP) is 3.99. The molecule has 0 saturated heterocycles. The Hall–Kier alpha value is -1.93. The maximum absolute atomic E-state index is 11.1. The minimum atomic E-state index is -0.434. The van der Waals surface area contributed by atoms with Gasteiger partial charge in [0.05, 0.1) is 17.2 Å². The number of rotatable bonds is 5. The Bertz CT molecular complexity index is 687. The van der Waals surface area contributed by atoms with Gasteiger partial charge in [-0.25, -0.2) is 0 Å². The number of carbonyl (C=O) groups excluding carboxylic acids is 1. The first kappa shape index (κ1) is 15.5. The molecule has 0 unspecified atom stereocenters. The van der Waals surface area contributed by atoms with E-state index in [9.17, 15) is 14.9 Å². The van der Waals surface area contributed by atoms with Gasteiger partial charge in [-0.2, -0.15) is 0 Å². The molecule has 0 bridgehead atoms. The van der Waals surface area contributed by atoms with Gasteiger partial charge in [0, 0.05) is 22.3 Å². The van der Waals surface area contributed by atoms with Crippen LogP contribution in [0.5, 0.6) is 0 Å². The predicted molar refractivity (Wildman–Crippen MR) is 86.7 cm³/mol. The van der Waals surface area contributed by atoms with Crippen LogP contribution in [-0.4, -0.2) is 10.8 Å². The summed E-state index contributed by atoms with van der Waals surface area (Å²) in [7, 11) is 0. The molecule has 21 heavy (non-hydrogen) atoms. The molecular weight excluding hydrogens is 358 g/mol. The van der Waals surface area contributed by atoms with Crippen molar-refractivity contribution in [3.8, 4) is 0 Å². The number of thiophene rings is 1. The van der Waals surface area contributed by atoms with Gasteiger partial charge in [0.15, 0.2) is 0 Å². The number of anilines is 2. The van der Waals surface area contributed by atoms with E-state index in [0.717, 1.165) is 10.6 Å². The van der Waals surface area contributed by atoms with Crippen LogP contribution >= 0.6 is 27.3 Å². The zero-order valence-corrected chi connectivity index (χ0v) is 13.5. The maximum Gasteiger partial charge on any atom is 0.293 e. The lowest BCUT2D eigenvalue weighted by molar-refractivity contribution is -0.384. The van der Waals surface area contributed by atoms with Crippen molar-refractivity contribution in [2.45, 2.75) is 13.5 Å². The van der Waals surface area contributed by atoms with E-state index in [4.69, 9.17) is 0 Å². The average molecular weight is 370 g/mol. The van der Waals surface area contributed by atoms with Gasteiger partial charge >= 0.3 is 0 Å². The maximum atomic E-state index is 11.1. The van der Waals surface area contributed by atoms with Crippen LogP contribution in [0, 0.1) is 10.1 Å². The van der Waals surface area contributed by atoms with Crippen LogP contribution in [0.4, 0.5) is 17.1 Å². The topological polar surface area (TPSA) is 84.3 Å². The molecule has 6 nitrogen and oxygen atoms in total. The van der Waals surface area contributed by atoms with E-state index in [0.29, 0.717) is 16.7 Å². The first-order chi connectivity index (χ1) is 9.97. The highest BCUT2D eigenvalue weighted by molar-refractivity contribution is 9.10. The summed E-state index contributed by atoms with van der Waals surface area (Å²) in [5.41, 5.74) is 1.16. The van der Waals surface area contributed by atoms with Gasteiger partial charge < -0.3 is 10.6 Å². The summed E-state index contributed by atoms with van der Waals surface area (Å²) in [6.07, 6.45) is 0. The molecule has 0 aliphatic rings. The highest BCUT2D eigenvalue weighted by Gasteiger charge is 2.14. The van der Waals surface area contributed by atoms with Crippen LogP contribution in [-0.2, 0) is 11.3 Å². The Balaban J connectivity index is 2.15. The smallest absolute Gasteiger partial charge is 0.293 e. The second-order valence-corrected chi connectivity index (χ2v) is 6.13. The second-order valence-electron chi connectivity index (χ2n) is 4.21. The molecule has 0 spiro atoms. The average Bonchev–Trinajstić information content (AvgIpc) is 2.83. The molecule has 0 aliphatic carbocycles. The van der Waals surface area contributed by atoms with Crippen LogP contribution in [0.2, 0.25) is 0 Å². The first-order valence-electron chi connectivity index (χ1n) is 5.99. The van der Waals surface area contributed by atoms with E-state index in [1.807, 2.05) is 5.38 Å². The summed E-state index contributed by atoms with van der Waals surface area (Å²) >= 11 is 4.69. The number of amides is 1. The molecule has 1 heterocycles. The Labute approximate surface area is 133 Å². The van der Waals surface area contributed by atoms with E-state index in [1.165, 1.54) is 24.3 Å². The van der Waals surface area contributed by atoms with Crippen molar-refractivity contribution in [2.24, 2.45) is 0 Å². The van der Waals surface area contributed by atoms with Crippen molar-refractivity contribution in [1.82, 2.24) is 0 Å². The van der Waals surface area contributed by atoms with Crippen LogP contribution < -0.4 is 10.6 Å². The Morgan fingerprint density at radius 2 is 2.14 bits per heavy atom. The second kappa shape index (κ2) is 6.68. The third kappa shape index (κ3) is 4.02. The zero-order chi connectivity index (χ0) is 15.4. The van der Waals surface area contributed by atoms with Gasteiger partial charge in [-0.05, 0) is 23.6 Å². The number of halogens is 1. The van der Waals surface area contributed by atoms with Gasteiger partial charge in [0.2, 0.25) is 5.91 Å². The highest BCUT2D eigenvalue weighted by atomic mass is 79.9. The van der Waals surface area contributed by atoms with E-state index in [2.05, 4.69) is 26.6 Å². The SMILES string of the molecule is CC(=O)Nc1ccsc1CNc1ccc(Br)cc1[N+](=O)[O-]. The molecule has 1 aromatic carbocycles. The van der Waals surface area contributed by atoms with Crippen molar-refractivity contribution < 1.29 is 9.72 Å². The highest BCUT2D eigenvalue weighted by Crippen LogP contribution is 2.30. The number of carbonyl (C=O) groups is 1. The van der Waals surface area contributed by atoms with E-state index < -0.39 is 4.92 Å². The van der Waals surface area contributed by atoms with Crippen molar-refractivity contribution in [3.63, 3.8) is 0 Å². The zero-order valence-electron chi connectivity index (χ0n) is 11.1. The third-order valence-electron chi connectivity index (χ3n) is 2.65. The first-order valence-corrected chi connectivity index (χ1v) is 7.66. The molecule has 2 aromatic rings. The molecule has 0 saturated carbocycles. The van der Waals surface area contributed by atoms with Crippen LogP contribution in [0.15, 0.2) is 34.1 Å². The van der Waals surface area contributed by atoms with Crippen molar-refractivity contribution in [3.05, 3.63) is 49.1 Å². The molecule has 1 amide bonds. The fraction of sp³-hybridized carbons (Fsp3) is 0.154. The summed E-state index contributed by atoms with van der Waals surface area (Å²) in [5, 5.41) is 18.7. The Morgan fingerprint density at radius 3 is 2.81 bits per heavy atom. The molecule has 0 aliphatic heterocycles. The number of benzene rings is 1. The Morgan fingerprint density at radius 1 is 1.38 bits per heavy atom. The van der Waals surface area contributed by atoms with E-state index in [1.54, 1.807) is 18.2 Å². The van der Waals surface area contributed by atoms with Crippen molar-refractivity contribution >= 4 is 50.2 Å². The summed E-state index contributed by atoms with van der Waals surface area (Å²) in [4.78, 5) is 22.6. The van der Waals surface area contributed by atoms with Crippen LogP contribution in [0.1, 0.15) is 11.8 Å². The molecule has 0 radical (unpaired) electrons. The molecule has 0 atom stereocenters. The summed E-state index contributed by atoms with van der Waals surface area (Å²) < 4.78 is 0.648. The van der Waals surface area contributed by atoms with Gasteiger partial charge in [0.25, 0.3) is 5.69 Å². The molecule has 2 rings (SSSR count). The van der Waals surface area contributed by atoms with Crippen LogP contribution in [0.25, 0.3) is 0 Å². The number of nitro groups is 1. The standard InChI is InChI=1S/C13H12BrN3O3S/c1-8(18)16-11-4-5-21-13(11)7-15-10-3-2-9(14)6-12(10)17(19)20/h2-6,15H,7H2,1H3,(H,16,18). The molecule has 8 heteroatoms. The van der Waals surface area contributed by atoms with E-state index >= 15 is 0 Å².